The normalized spacial score (nSPS) is 11.5. The van der Waals surface area contributed by atoms with Gasteiger partial charge in [0.1, 0.15) is 5.69 Å². The van der Waals surface area contributed by atoms with Crippen LogP contribution in [0.25, 0.3) is 22.3 Å². The van der Waals surface area contributed by atoms with Gasteiger partial charge in [0.15, 0.2) is 0 Å². The molecule has 0 atom stereocenters. The zero-order valence-corrected chi connectivity index (χ0v) is 19.2. The lowest BCUT2D eigenvalue weighted by Gasteiger charge is -2.16. The molecule has 0 saturated heterocycles. The maximum Gasteiger partial charge on any atom is 0.416 e. The number of aromatic nitrogens is 2. The summed E-state index contributed by atoms with van der Waals surface area (Å²) in [5.41, 5.74) is 4.60. The number of benzene rings is 3. The molecular formula is C26H19F5N4O2. The Kier molecular flexibility index (Phi) is 6.80. The van der Waals surface area contributed by atoms with Crippen molar-refractivity contribution in [1.29, 1.82) is 0 Å². The van der Waals surface area contributed by atoms with Crippen LogP contribution in [-0.2, 0) is 13.2 Å². The Bertz CT molecular complexity index is 1480. The first kappa shape index (κ1) is 25.5. The van der Waals surface area contributed by atoms with Crippen LogP contribution in [0.4, 0.5) is 27.6 Å². The van der Waals surface area contributed by atoms with E-state index >= 15 is 0 Å². The lowest BCUT2D eigenvalue weighted by molar-refractivity contribution is -0.137. The number of para-hydroxylation sites is 1. The van der Waals surface area contributed by atoms with Gasteiger partial charge in [0.2, 0.25) is 5.91 Å². The van der Waals surface area contributed by atoms with Gasteiger partial charge in [-0.05, 0) is 35.4 Å². The quantitative estimate of drug-likeness (QED) is 0.307. The third kappa shape index (κ3) is 5.20. The number of carbonyl (C=O) groups excluding carboxylic acids is 2. The van der Waals surface area contributed by atoms with E-state index in [1.165, 1.54) is 49.6 Å². The Labute approximate surface area is 207 Å². The Balaban J connectivity index is 1.79. The zero-order chi connectivity index (χ0) is 26.9. The number of amides is 2. The van der Waals surface area contributed by atoms with Crippen LogP contribution in [0.3, 0.4) is 0 Å². The van der Waals surface area contributed by atoms with E-state index in [4.69, 9.17) is 5.73 Å². The molecule has 0 radical (unpaired) electrons. The van der Waals surface area contributed by atoms with Crippen LogP contribution in [0, 0.1) is 0 Å². The van der Waals surface area contributed by atoms with Gasteiger partial charge in [-0.15, -0.1) is 0 Å². The summed E-state index contributed by atoms with van der Waals surface area (Å²) in [6, 6.07) is 14.8. The number of primary amides is 1. The number of nitrogens with two attached hydrogens (primary N) is 1. The zero-order valence-electron chi connectivity index (χ0n) is 19.2. The SMILES string of the molecule is Cn1cc(-c2cccc(C(N)=O)c2C(=O)Nc2ccccc2-c2ccc(C(F)(F)F)cc2)c(C(F)F)n1. The van der Waals surface area contributed by atoms with Crippen LogP contribution in [0.1, 0.15) is 38.4 Å². The first-order valence-corrected chi connectivity index (χ1v) is 10.8. The van der Waals surface area contributed by atoms with Gasteiger partial charge in [0, 0.05) is 30.1 Å². The molecule has 0 spiro atoms. The molecule has 1 heterocycles. The van der Waals surface area contributed by atoms with Crippen molar-refractivity contribution < 1.29 is 31.5 Å². The summed E-state index contributed by atoms with van der Waals surface area (Å²) in [7, 11) is 1.44. The summed E-state index contributed by atoms with van der Waals surface area (Å²) in [4.78, 5) is 25.7. The molecule has 6 nitrogen and oxygen atoms in total. The van der Waals surface area contributed by atoms with Crippen molar-refractivity contribution >= 4 is 17.5 Å². The Hall–Kier alpha value is -4.54. The molecule has 3 N–H and O–H groups in total. The third-order valence-corrected chi connectivity index (χ3v) is 5.61. The lowest BCUT2D eigenvalue weighted by atomic mass is 9.94. The number of halogens is 5. The van der Waals surface area contributed by atoms with Crippen molar-refractivity contribution in [2.24, 2.45) is 12.8 Å². The van der Waals surface area contributed by atoms with Crippen LogP contribution < -0.4 is 11.1 Å². The summed E-state index contributed by atoms with van der Waals surface area (Å²) < 4.78 is 67.4. The second kappa shape index (κ2) is 9.84. The van der Waals surface area contributed by atoms with E-state index in [9.17, 15) is 31.5 Å². The molecule has 0 fully saturated rings. The Morgan fingerprint density at radius 1 is 0.919 bits per heavy atom. The van der Waals surface area contributed by atoms with E-state index in [1.807, 2.05) is 0 Å². The van der Waals surface area contributed by atoms with Crippen molar-refractivity contribution in [3.05, 3.63) is 95.3 Å². The fourth-order valence-corrected chi connectivity index (χ4v) is 3.97. The second-order valence-electron chi connectivity index (χ2n) is 8.07. The monoisotopic (exact) mass is 514 g/mol. The fraction of sp³-hybridized carbons (Fsp3) is 0.115. The molecule has 1 aromatic heterocycles. The van der Waals surface area contributed by atoms with Gasteiger partial charge in [-0.3, -0.25) is 14.3 Å². The number of carbonyl (C=O) groups is 2. The molecule has 0 aliphatic carbocycles. The molecule has 190 valence electrons. The Morgan fingerprint density at radius 3 is 2.19 bits per heavy atom. The number of nitrogens with zero attached hydrogens (tertiary/aromatic N) is 2. The van der Waals surface area contributed by atoms with Crippen LogP contribution in [0.5, 0.6) is 0 Å². The van der Waals surface area contributed by atoms with Crippen molar-refractivity contribution in [1.82, 2.24) is 9.78 Å². The number of nitrogens with one attached hydrogen (secondary N) is 1. The number of hydrogen-bond acceptors (Lipinski definition) is 3. The van der Waals surface area contributed by atoms with E-state index in [0.29, 0.717) is 11.1 Å². The Morgan fingerprint density at radius 2 is 1.57 bits per heavy atom. The lowest BCUT2D eigenvalue weighted by Crippen LogP contribution is -2.21. The highest BCUT2D eigenvalue weighted by Crippen LogP contribution is 2.36. The summed E-state index contributed by atoms with van der Waals surface area (Å²) in [6.45, 7) is 0. The minimum atomic E-state index is -4.51. The van der Waals surface area contributed by atoms with Crippen LogP contribution in [-0.4, -0.2) is 21.6 Å². The molecule has 3 aromatic carbocycles. The third-order valence-electron chi connectivity index (χ3n) is 5.61. The average molecular weight is 514 g/mol. The van der Waals surface area contributed by atoms with Crippen molar-refractivity contribution in [3.8, 4) is 22.3 Å². The van der Waals surface area contributed by atoms with E-state index in [1.54, 1.807) is 18.2 Å². The van der Waals surface area contributed by atoms with Gasteiger partial charge in [0.25, 0.3) is 12.3 Å². The van der Waals surface area contributed by atoms with E-state index in [0.717, 1.165) is 16.8 Å². The largest absolute Gasteiger partial charge is 0.416 e. The average Bonchev–Trinajstić information content (AvgIpc) is 3.25. The number of alkyl halides is 5. The summed E-state index contributed by atoms with van der Waals surface area (Å²) in [6.07, 6.45) is -6.16. The highest BCUT2D eigenvalue weighted by atomic mass is 19.4. The molecule has 4 rings (SSSR count). The minimum Gasteiger partial charge on any atom is -0.366 e. The number of rotatable bonds is 6. The fourth-order valence-electron chi connectivity index (χ4n) is 3.97. The van der Waals surface area contributed by atoms with Crippen molar-refractivity contribution in [3.63, 3.8) is 0 Å². The smallest absolute Gasteiger partial charge is 0.366 e. The summed E-state index contributed by atoms with van der Waals surface area (Å²) in [5, 5.41) is 6.41. The minimum absolute atomic E-state index is 0.0178. The molecule has 0 aliphatic heterocycles. The summed E-state index contributed by atoms with van der Waals surface area (Å²) >= 11 is 0. The first-order valence-electron chi connectivity index (χ1n) is 10.8. The number of hydrogen-bond donors (Lipinski definition) is 2. The predicted molar refractivity (Wildman–Crippen MR) is 127 cm³/mol. The van der Waals surface area contributed by atoms with Crippen molar-refractivity contribution in [2.45, 2.75) is 12.6 Å². The van der Waals surface area contributed by atoms with Gasteiger partial charge < -0.3 is 11.1 Å². The first-order chi connectivity index (χ1) is 17.5. The van der Waals surface area contributed by atoms with E-state index < -0.39 is 35.7 Å². The molecule has 37 heavy (non-hydrogen) atoms. The molecule has 0 aliphatic rings. The molecule has 11 heteroatoms. The van der Waals surface area contributed by atoms with E-state index in [-0.39, 0.29) is 27.9 Å². The van der Waals surface area contributed by atoms with Crippen LogP contribution in [0.2, 0.25) is 0 Å². The molecule has 0 bridgehead atoms. The molecule has 0 saturated carbocycles. The van der Waals surface area contributed by atoms with Crippen LogP contribution in [0.15, 0.2) is 72.9 Å². The van der Waals surface area contributed by atoms with E-state index in [2.05, 4.69) is 10.4 Å². The highest BCUT2D eigenvalue weighted by molar-refractivity contribution is 6.16. The molecular weight excluding hydrogens is 495 g/mol. The van der Waals surface area contributed by atoms with Gasteiger partial charge in [0.05, 0.1) is 16.7 Å². The topological polar surface area (TPSA) is 90.0 Å². The summed E-state index contributed by atoms with van der Waals surface area (Å²) in [5.74, 6) is -1.78. The maximum atomic E-state index is 13.7. The predicted octanol–water partition coefficient (Wildman–Crippen LogP) is 6.06. The molecule has 2 amide bonds. The van der Waals surface area contributed by atoms with Gasteiger partial charge in [-0.2, -0.15) is 18.3 Å². The van der Waals surface area contributed by atoms with Crippen molar-refractivity contribution in [2.75, 3.05) is 5.32 Å². The number of anilines is 1. The van der Waals surface area contributed by atoms with Gasteiger partial charge in [-0.1, -0.05) is 42.5 Å². The molecule has 0 unspecified atom stereocenters. The van der Waals surface area contributed by atoms with Gasteiger partial charge >= 0.3 is 6.18 Å². The van der Waals surface area contributed by atoms with Gasteiger partial charge in [-0.25, -0.2) is 8.78 Å². The van der Waals surface area contributed by atoms with Crippen LogP contribution >= 0.6 is 0 Å². The second-order valence-corrected chi connectivity index (χ2v) is 8.07. The number of aryl methyl sites for hydroxylation is 1. The maximum absolute atomic E-state index is 13.7. The standard InChI is InChI=1S/C26H19F5N4O2/c1-35-13-19(22(34-35)23(27)28)17-6-4-7-18(24(32)36)21(17)25(37)33-20-8-3-2-5-16(20)14-9-11-15(12-10-14)26(29,30)31/h2-13,23H,1H3,(H2,32,36)(H,33,37). The molecule has 4 aromatic rings. The highest BCUT2D eigenvalue weighted by Gasteiger charge is 2.30.